The third-order valence-corrected chi connectivity index (χ3v) is 3.63. The molecular formula is C16H14BrN3O2. The number of ether oxygens (including phenoxy) is 1. The molecule has 3 rings (SSSR count). The van der Waals surface area contributed by atoms with Gasteiger partial charge in [-0.25, -0.2) is 0 Å². The van der Waals surface area contributed by atoms with Gasteiger partial charge in [0.1, 0.15) is 5.75 Å². The molecule has 6 heteroatoms. The second-order valence-corrected chi connectivity index (χ2v) is 5.81. The number of rotatable bonds is 4. The first-order valence-electron chi connectivity index (χ1n) is 6.71. The first-order chi connectivity index (χ1) is 10.6. The third kappa shape index (κ3) is 3.46. The van der Waals surface area contributed by atoms with Crippen LogP contribution in [0.15, 0.2) is 53.3 Å². The molecule has 0 aliphatic carbocycles. The van der Waals surface area contributed by atoms with Gasteiger partial charge in [-0.1, -0.05) is 28.1 Å². The van der Waals surface area contributed by atoms with Gasteiger partial charge in [-0.15, -0.1) is 0 Å². The van der Waals surface area contributed by atoms with Crippen LogP contribution in [0.25, 0.3) is 10.8 Å². The number of anilines is 1. The van der Waals surface area contributed by atoms with Gasteiger partial charge in [0.15, 0.2) is 6.61 Å². The fraction of sp³-hybridized carbons (Fsp3) is 0.125. The number of carbonyl (C=O) groups is 1. The summed E-state index contributed by atoms with van der Waals surface area (Å²) in [6.07, 6.45) is 3.32. The zero-order valence-electron chi connectivity index (χ0n) is 11.9. The predicted octanol–water partition coefficient (Wildman–Crippen LogP) is 3.35. The Balaban J connectivity index is 1.63. The molecule has 0 fully saturated rings. The van der Waals surface area contributed by atoms with Crippen LogP contribution < -0.4 is 10.1 Å². The predicted molar refractivity (Wildman–Crippen MR) is 89.0 cm³/mol. The number of hydrogen-bond acceptors (Lipinski definition) is 3. The summed E-state index contributed by atoms with van der Waals surface area (Å²) in [6.45, 7) is -0.0447. The number of aryl methyl sites for hydroxylation is 1. The lowest BCUT2D eigenvalue weighted by Crippen LogP contribution is -2.19. The van der Waals surface area contributed by atoms with Gasteiger partial charge >= 0.3 is 0 Å². The van der Waals surface area contributed by atoms with Crippen LogP contribution in [0.4, 0.5) is 5.69 Å². The van der Waals surface area contributed by atoms with E-state index in [0.717, 1.165) is 15.2 Å². The lowest BCUT2D eigenvalue weighted by Gasteiger charge is -2.07. The van der Waals surface area contributed by atoms with Crippen molar-refractivity contribution in [3.8, 4) is 5.75 Å². The fourth-order valence-electron chi connectivity index (χ4n) is 2.12. The molecule has 0 radical (unpaired) electrons. The molecular weight excluding hydrogens is 346 g/mol. The number of fused-ring (bicyclic) bond motifs is 1. The Hall–Kier alpha value is -2.34. The van der Waals surface area contributed by atoms with E-state index < -0.39 is 0 Å². The van der Waals surface area contributed by atoms with Gasteiger partial charge < -0.3 is 10.1 Å². The van der Waals surface area contributed by atoms with Crippen molar-refractivity contribution >= 4 is 38.3 Å². The van der Waals surface area contributed by atoms with Crippen molar-refractivity contribution in [2.24, 2.45) is 7.05 Å². The third-order valence-electron chi connectivity index (χ3n) is 3.13. The summed E-state index contributed by atoms with van der Waals surface area (Å²) in [5.41, 5.74) is 0.652. The molecule has 0 bridgehead atoms. The van der Waals surface area contributed by atoms with Crippen molar-refractivity contribution in [1.29, 1.82) is 0 Å². The van der Waals surface area contributed by atoms with Crippen molar-refractivity contribution in [3.63, 3.8) is 0 Å². The first kappa shape index (κ1) is 14.6. The normalized spacial score (nSPS) is 10.6. The quantitative estimate of drug-likeness (QED) is 0.776. The van der Waals surface area contributed by atoms with Gasteiger partial charge in [0.05, 0.1) is 11.9 Å². The zero-order valence-corrected chi connectivity index (χ0v) is 13.5. The molecule has 0 unspecified atom stereocenters. The van der Waals surface area contributed by atoms with Crippen molar-refractivity contribution in [1.82, 2.24) is 9.78 Å². The Morgan fingerprint density at radius 3 is 2.82 bits per heavy atom. The molecule has 1 N–H and O–H groups in total. The van der Waals surface area contributed by atoms with E-state index >= 15 is 0 Å². The highest BCUT2D eigenvalue weighted by Gasteiger charge is 2.05. The maximum Gasteiger partial charge on any atom is 0.262 e. The molecule has 2 aromatic carbocycles. The molecule has 1 heterocycles. The SMILES string of the molecule is Cn1cc(NC(=O)COc2ccc3cc(Br)ccc3c2)cn1. The Labute approximate surface area is 136 Å². The van der Waals surface area contributed by atoms with Crippen molar-refractivity contribution in [3.05, 3.63) is 53.3 Å². The molecule has 0 aliphatic rings. The number of amides is 1. The lowest BCUT2D eigenvalue weighted by atomic mass is 10.1. The second kappa shape index (κ2) is 6.19. The zero-order chi connectivity index (χ0) is 15.5. The van der Waals surface area contributed by atoms with E-state index in [2.05, 4.69) is 26.3 Å². The smallest absolute Gasteiger partial charge is 0.262 e. The lowest BCUT2D eigenvalue weighted by molar-refractivity contribution is -0.118. The Morgan fingerprint density at radius 1 is 1.27 bits per heavy atom. The topological polar surface area (TPSA) is 56.2 Å². The molecule has 0 saturated carbocycles. The maximum absolute atomic E-state index is 11.8. The molecule has 3 aromatic rings. The summed E-state index contributed by atoms with van der Waals surface area (Å²) in [5.74, 6) is 0.445. The highest BCUT2D eigenvalue weighted by atomic mass is 79.9. The van der Waals surface area contributed by atoms with Gasteiger partial charge in [0.2, 0.25) is 0 Å². The number of nitrogens with one attached hydrogen (secondary N) is 1. The van der Waals surface area contributed by atoms with Gasteiger partial charge in [-0.05, 0) is 35.0 Å². The Bertz CT molecular complexity index is 829. The summed E-state index contributed by atoms with van der Waals surface area (Å²) in [4.78, 5) is 11.8. The van der Waals surface area contributed by atoms with Crippen molar-refractivity contribution in [2.45, 2.75) is 0 Å². The van der Waals surface area contributed by atoms with Gasteiger partial charge in [0, 0.05) is 17.7 Å². The van der Waals surface area contributed by atoms with E-state index in [0.29, 0.717) is 11.4 Å². The summed E-state index contributed by atoms with van der Waals surface area (Å²) in [7, 11) is 1.79. The van der Waals surface area contributed by atoms with E-state index in [1.54, 1.807) is 24.1 Å². The minimum atomic E-state index is -0.219. The molecule has 5 nitrogen and oxygen atoms in total. The van der Waals surface area contributed by atoms with E-state index in [1.165, 1.54) is 0 Å². The molecule has 22 heavy (non-hydrogen) atoms. The maximum atomic E-state index is 11.8. The highest BCUT2D eigenvalue weighted by molar-refractivity contribution is 9.10. The monoisotopic (exact) mass is 359 g/mol. The van der Waals surface area contributed by atoms with Crippen LogP contribution in [0.2, 0.25) is 0 Å². The minimum absolute atomic E-state index is 0.0447. The molecule has 0 saturated heterocycles. The molecule has 1 aromatic heterocycles. The number of benzene rings is 2. The van der Waals surface area contributed by atoms with E-state index in [9.17, 15) is 4.79 Å². The number of carbonyl (C=O) groups excluding carboxylic acids is 1. The van der Waals surface area contributed by atoms with Crippen LogP contribution in [-0.2, 0) is 11.8 Å². The molecule has 0 aliphatic heterocycles. The number of hydrogen-bond donors (Lipinski definition) is 1. The molecule has 0 atom stereocenters. The molecule has 112 valence electrons. The standard InChI is InChI=1S/C16H14BrN3O2/c1-20-9-14(8-18-20)19-16(21)10-22-15-5-3-11-6-13(17)4-2-12(11)7-15/h2-9H,10H2,1H3,(H,19,21). The highest BCUT2D eigenvalue weighted by Crippen LogP contribution is 2.24. The molecule has 1 amide bonds. The summed E-state index contributed by atoms with van der Waals surface area (Å²) in [5, 5.41) is 8.89. The van der Waals surface area contributed by atoms with Crippen LogP contribution in [-0.4, -0.2) is 22.3 Å². The van der Waals surface area contributed by atoms with Crippen LogP contribution in [0, 0.1) is 0 Å². The average molecular weight is 360 g/mol. The minimum Gasteiger partial charge on any atom is -0.484 e. The molecule has 0 spiro atoms. The summed E-state index contributed by atoms with van der Waals surface area (Å²) in [6, 6.07) is 11.7. The number of aromatic nitrogens is 2. The number of nitrogens with zero attached hydrogens (tertiary/aromatic N) is 2. The fourth-order valence-corrected chi connectivity index (χ4v) is 2.49. The first-order valence-corrected chi connectivity index (χ1v) is 7.50. The van der Waals surface area contributed by atoms with Gasteiger partial charge in [0.25, 0.3) is 5.91 Å². The van der Waals surface area contributed by atoms with E-state index in [4.69, 9.17) is 4.74 Å². The summed E-state index contributed by atoms with van der Waals surface area (Å²) < 4.78 is 8.19. The van der Waals surface area contributed by atoms with Crippen LogP contribution in [0.5, 0.6) is 5.75 Å². The number of halogens is 1. The second-order valence-electron chi connectivity index (χ2n) is 4.89. The van der Waals surface area contributed by atoms with E-state index in [1.807, 2.05) is 36.4 Å². The van der Waals surface area contributed by atoms with Crippen LogP contribution in [0.1, 0.15) is 0 Å². The van der Waals surface area contributed by atoms with Gasteiger partial charge in [-0.3, -0.25) is 9.48 Å². The van der Waals surface area contributed by atoms with Crippen LogP contribution >= 0.6 is 15.9 Å². The van der Waals surface area contributed by atoms with Crippen LogP contribution in [0.3, 0.4) is 0 Å². The van der Waals surface area contributed by atoms with Crippen molar-refractivity contribution in [2.75, 3.05) is 11.9 Å². The average Bonchev–Trinajstić information content (AvgIpc) is 2.90. The Kier molecular flexibility index (Phi) is 4.11. The van der Waals surface area contributed by atoms with E-state index in [-0.39, 0.29) is 12.5 Å². The largest absolute Gasteiger partial charge is 0.484 e. The van der Waals surface area contributed by atoms with Gasteiger partial charge in [-0.2, -0.15) is 5.10 Å². The Morgan fingerprint density at radius 2 is 2.05 bits per heavy atom. The van der Waals surface area contributed by atoms with Crippen molar-refractivity contribution < 1.29 is 9.53 Å². The summed E-state index contributed by atoms with van der Waals surface area (Å²) >= 11 is 3.44.